The minimum atomic E-state index is -1.10. The maximum Gasteiger partial charge on any atom is 0.328 e. The van der Waals surface area contributed by atoms with E-state index in [0.717, 1.165) is 23.4 Å². The van der Waals surface area contributed by atoms with Gasteiger partial charge < -0.3 is 79.6 Å². The number of pyridine rings is 8. The molecule has 0 aliphatic rings. The van der Waals surface area contributed by atoms with Crippen molar-refractivity contribution in [1.82, 2.24) is 61.1 Å². The summed E-state index contributed by atoms with van der Waals surface area (Å²) in [4.78, 5) is 130. The zero-order chi connectivity index (χ0) is 86.7. The Kier molecular flexibility index (Phi) is 38.6. The Labute approximate surface area is 694 Å². The molecule has 12 atom stereocenters. The lowest BCUT2D eigenvalue weighted by Gasteiger charge is -2.28. The predicted octanol–water partition coefficient (Wildman–Crippen LogP) is 12.3. The van der Waals surface area contributed by atoms with E-state index in [1.165, 1.54) is 118 Å². The van der Waals surface area contributed by atoms with E-state index in [4.69, 9.17) is 84.3 Å². The first-order valence-electron chi connectivity index (χ1n) is 35.5. The summed E-state index contributed by atoms with van der Waals surface area (Å²) < 4.78 is 68.6. The molecule has 8 aromatic rings. The van der Waals surface area contributed by atoms with Gasteiger partial charge in [0.2, 0.25) is 5.95 Å². The first-order chi connectivity index (χ1) is 54.7. The molecule has 0 saturated carbocycles. The van der Waals surface area contributed by atoms with Crippen LogP contribution in [-0.4, -0.2) is 185 Å². The van der Waals surface area contributed by atoms with Gasteiger partial charge in [-0.2, -0.15) is 4.39 Å². The number of nitrogens with one attached hydrogen (secondary N) is 4. The summed E-state index contributed by atoms with van der Waals surface area (Å²) in [5, 5.41) is 51.3. The second-order valence-electron chi connectivity index (χ2n) is 26.2. The molecule has 4 amide bonds. The number of halogens is 6. The number of rotatable bonds is 29. The molecule has 8 unspecified atom stereocenters. The van der Waals surface area contributed by atoms with Crippen LogP contribution < -0.4 is 40.2 Å². The lowest BCUT2D eigenvalue weighted by atomic mass is 9.85. The Balaban J connectivity index is 0.000000327. The van der Waals surface area contributed by atoms with Gasteiger partial charge >= 0.3 is 23.9 Å². The molecular weight excluding hydrogens is 1620 g/mol. The summed E-state index contributed by atoms with van der Waals surface area (Å²) in [7, 11) is 5.38. The molecule has 0 saturated heterocycles. The van der Waals surface area contributed by atoms with Crippen LogP contribution in [0.4, 0.5) is 8.78 Å². The minimum absolute atomic E-state index is 0. The molecule has 0 spiro atoms. The number of hydrogen-bond acceptors (Lipinski definition) is 28. The Hall–Kier alpha value is -11.6. The third-order valence-corrected chi connectivity index (χ3v) is 18.6. The van der Waals surface area contributed by atoms with E-state index in [1.54, 1.807) is 58.3 Å². The largest absolute Gasteiger partial charge is 0.503 e. The molecule has 38 heteroatoms. The second kappa shape index (κ2) is 46.2. The summed E-state index contributed by atoms with van der Waals surface area (Å²) in [6.07, 6.45) is 8.39. The average Bonchev–Trinajstić information content (AvgIpc) is 0.875. The molecule has 8 N–H and O–H groups in total. The fraction of sp³-hybridized carbons (Fsp3) is 0.392. The van der Waals surface area contributed by atoms with Crippen molar-refractivity contribution in [2.24, 2.45) is 5.92 Å². The highest BCUT2D eigenvalue weighted by Crippen LogP contribution is 2.35. The number of ether oxygens (including phenoxy) is 8. The molecule has 8 rings (SSSR count). The zero-order valence-electron chi connectivity index (χ0n) is 66.1. The highest BCUT2D eigenvalue weighted by Gasteiger charge is 2.33. The maximum atomic E-state index is 13.8. The number of aromatic hydroxyl groups is 4. The van der Waals surface area contributed by atoms with E-state index >= 15 is 0 Å². The van der Waals surface area contributed by atoms with Gasteiger partial charge in [0.15, 0.2) is 68.8 Å². The van der Waals surface area contributed by atoms with E-state index in [0.29, 0.717) is 26.0 Å². The molecule has 8 heterocycles. The first-order valence-corrected chi connectivity index (χ1v) is 37.0. The second-order valence-corrected chi connectivity index (χ2v) is 27.8. The molecule has 32 nitrogen and oxygen atoms in total. The van der Waals surface area contributed by atoms with Gasteiger partial charge in [0.25, 0.3) is 23.6 Å². The molecule has 0 aromatic carbocycles. The molecule has 632 valence electrons. The van der Waals surface area contributed by atoms with Crippen molar-refractivity contribution >= 4 is 93.9 Å². The van der Waals surface area contributed by atoms with Gasteiger partial charge in [-0.05, 0) is 96.7 Å². The van der Waals surface area contributed by atoms with Crippen molar-refractivity contribution in [2.75, 3.05) is 28.4 Å². The van der Waals surface area contributed by atoms with Crippen molar-refractivity contribution in [2.45, 2.75) is 170 Å². The molecule has 0 aliphatic heterocycles. The highest BCUT2D eigenvalue weighted by molar-refractivity contribution is 6.34. The Morgan fingerprint density at radius 2 is 0.709 bits per heavy atom. The predicted molar refractivity (Wildman–Crippen MR) is 426 cm³/mol. The number of amides is 4. The third-order valence-electron chi connectivity index (χ3n) is 17.6. The van der Waals surface area contributed by atoms with Gasteiger partial charge in [-0.3, -0.25) is 24.2 Å². The normalized spacial score (nSPS) is 13.8. The quantitative estimate of drug-likeness (QED) is 0.0123. The maximum absolute atomic E-state index is 13.8. The summed E-state index contributed by atoms with van der Waals surface area (Å²) in [5.74, 6) is -9.64. The third kappa shape index (κ3) is 27.8. The summed E-state index contributed by atoms with van der Waals surface area (Å²) in [6, 6.07) is 11.2. The van der Waals surface area contributed by atoms with Crippen LogP contribution in [0, 0.1) is 17.7 Å². The SMILES string of the molecule is C.COc1ccnc(C(=O)N[C@@H](C)C(=O)OC(C)C(C)c2cc(F)cnc2F)c1O.COc1ccnc(C(=O)N[C@@H](C)C(=O)OC(C)C(C)c2ccc(Cl)nc2)c1O.COc1ccnc(C(=O)N[C@@H](C)C(=O)OC(C)C(C)c2ncc(Cl)cc2Cl)c1O.COc1ccnc(C(=O)N[C@@H](C)C(=O)OC(C)C(c2ccc(Cl)nc2)C(C)C)c1O. The molecule has 0 bridgehead atoms. The van der Waals surface area contributed by atoms with Crippen LogP contribution in [0.2, 0.25) is 20.4 Å². The molecule has 117 heavy (non-hydrogen) atoms. The number of aromatic nitrogens is 8. The molecule has 8 aromatic heterocycles. The van der Waals surface area contributed by atoms with Crippen molar-refractivity contribution in [3.8, 4) is 46.0 Å². The fourth-order valence-electron chi connectivity index (χ4n) is 10.6. The summed E-state index contributed by atoms with van der Waals surface area (Å²) in [5.41, 5.74) is 1.21. The lowest BCUT2D eigenvalue weighted by molar-refractivity contribution is -0.152. The summed E-state index contributed by atoms with van der Waals surface area (Å²) in [6.45, 7) is 21.9. The number of carbonyl (C=O) groups excluding carboxylic acids is 8. The van der Waals surface area contributed by atoms with Crippen LogP contribution in [-0.2, 0) is 38.1 Å². The number of nitrogens with zero attached hydrogens (tertiary/aromatic N) is 8. The number of hydrogen-bond donors (Lipinski definition) is 8. The molecule has 0 radical (unpaired) electrons. The Bertz CT molecular complexity index is 4720. The van der Waals surface area contributed by atoms with Gasteiger partial charge in [-0.15, -0.1) is 0 Å². The fourth-order valence-corrected chi connectivity index (χ4v) is 11.4. The van der Waals surface area contributed by atoms with Gasteiger partial charge in [0, 0.05) is 96.9 Å². The van der Waals surface area contributed by atoms with Crippen LogP contribution in [0.25, 0.3) is 0 Å². The number of methoxy groups -OCH3 is 4. The number of esters is 4. The smallest absolute Gasteiger partial charge is 0.328 e. The van der Waals surface area contributed by atoms with Crippen molar-refractivity contribution in [1.29, 1.82) is 0 Å². The monoisotopic (exact) mass is 1710 g/mol. The van der Waals surface area contributed by atoms with Crippen molar-refractivity contribution in [3.63, 3.8) is 0 Å². The molecule has 0 fully saturated rings. The average molecular weight is 1710 g/mol. The van der Waals surface area contributed by atoms with Crippen molar-refractivity contribution in [3.05, 3.63) is 188 Å². The Morgan fingerprint density at radius 1 is 0.385 bits per heavy atom. The standard InChI is InChI=1S/C21H26ClN3O5.C19H21Cl2N3O5.C19H22ClN3O5.C19H21F2N3O5.CH4/c1-11(2)17(14-6-7-16(22)24-10-14)13(4)30-21(28)12(3)25-20(27)18-19(26)15(29-5)8-9-23-18;1-9(15-13(21)7-12(20)8-23-15)11(3)29-19(27)10(2)24-18(26)16-17(25)14(28-4)5-6-22-16;1-10(13-5-6-15(20)22-9-13)12(3)28-19(26)11(2)23-18(25)16-17(24)14(27-4)7-8-21-16;1-9(13-7-12(20)8-23-17(13)21)11(3)29-19(27)10(2)24-18(26)15-16(25)14(28-4)5-6-22-15;/h6-13,17,26H,1-5H3,(H,25,27);5-11,25H,1-4H3,(H,24,26);5-12,24H,1-4H3,(H,23,25);5-11,25H,1-4H3,(H,24,26);1H4/t12-,13?,17?;9?,10-,11?;10?,11-,12?;9?,10-,11?;/m0000./s1. The topological polar surface area (TPSA) is 443 Å². The van der Waals surface area contributed by atoms with Crippen LogP contribution in [0.3, 0.4) is 0 Å². The Morgan fingerprint density at radius 3 is 1.03 bits per heavy atom. The number of carbonyl (C=O) groups is 8. The van der Waals surface area contributed by atoms with Crippen LogP contribution in [0.15, 0.2) is 110 Å². The van der Waals surface area contributed by atoms with Crippen LogP contribution >= 0.6 is 46.4 Å². The van der Waals surface area contributed by atoms with Crippen LogP contribution in [0.1, 0.15) is 185 Å². The summed E-state index contributed by atoms with van der Waals surface area (Å²) >= 11 is 23.7. The van der Waals surface area contributed by atoms with Gasteiger partial charge in [-0.1, -0.05) is 101 Å². The van der Waals surface area contributed by atoms with Crippen LogP contribution in [0.5, 0.6) is 46.0 Å². The van der Waals surface area contributed by atoms with Gasteiger partial charge in [-0.25, -0.2) is 58.5 Å². The van der Waals surface area contributed by atoms with Crippen molar-refractivity contribution < 1.29 is 105 Å². The van der Waals surface area contributed by atoms with E-state index in [9.17, 15) is 67.6 Å². The minimum Gasteiger partial charge on any atom is -0.503 e. The van der Waals surface area contributed by atoms with E-state index in [2.05, 4.69) is 61.1 Å². The van der Waals surface area contributed by atoms with E-state index in [-0.39, 0.29) is 82.4 Å². The zero-order valence-corrected chi connectivity index (χ0v) is 69.1. The molecular formula is C79H94Cl4F2N12O20. The highest BCUT2D eigenvalue weighted by atomic mass is 35.5. The van der Waals surface area contributed by atoms with Gasteiger partial charge in [0.05, 0.1) is 50.4 Å². The molecule has 0 aliphatic carbocycles. The first kappa shape index (κ1) is 97.7. The van der Waals surface area contributed by atoms with E-state index in [1.807, 2.05) is 39.8 Å². The lowest BCUT2D eigenvalue weighted by Crippen LogP contribution is -2.42. The van der Waals surface area contributed by atoms with Gasteiger partial charge in [0.1, 0.15) is 64.7 Å². The van der Waals surface area contributed by atoms with E-state index < -0.39 is 137 Å².